The fraction of sp³-hybridized carbons (Fsp3) is 0.0952. The molecule has 0 saturated carbocycles. The van der Waals surface area contributed by atoms with Crippen LogP contribution in [0.3, 0.4) is 0 Å². The molecule has 1 amide bonds. The first-order chi connectivity index (χ1) is 15.4. The molecule has 0 unspecified atom stereocenters. The zero-order valence-electron chi connectivity index (χ0n) is 17.2. The predicted octanol–water partition coefficient (Wildman–Crippen LogP) is 4.31. The van der Waals surface area contributed by atoms with Crippen molar-refractivity contribution in [2.75, 3.05) is 27.1 Å². The van der Waals surface area contributed by atoms with Crippen LogP contribution >= 0.6 is 27.5 Å². The number of halogens is 2. The molecule has 0 radical (unpaired) electrons. The molecule has 0 atom stereocenters. The van der Waals surface area contributed by atoms with Crippen molar-refractivity contribution in [2.45, 2.75) is 4.90 Å². The minimum Gasteiger partial charge on any atom is -0.325 e. The molecule has 0 fully saturated rings. The third-order valence-electron chi connectivity index (χ3n) is 4.33. The molecule has 0 heterocycles. The smallest absolute Gasteiger partial charge is 0.261 e. The van der Waals surface area contributed by atoms with E-state index in [1.807, 2.05) is 0 Å². The second-order valence-electron chi connectivity index (χ2n) is 6.93. The average Bonchev–Trinajstić information content (AvgIpc) is 2.73. The Bertz CT molecular complexity index is 1360. The summed E-state index contributed by atoms with van der Waals surface area (Å²) in [6, 6.07) is 18.2. The van der Waals surface area contributed by atoms with Crippen molar-refractivity contribution < 1.29 is 21.6 Å². The highest BCUT2D eigenvalue weighted by molar-refractivity contribution is 9.10. The van der Waals surface area contributed by atoms with Gasteiger partial charge < -0.3 is 5.32 Å². The van der Waals surface area contributed by atoms with E-state index in [4.69, 9.17) is 11.6 Å². The van der Waals surface area contributed by atoms with Gasteiger partial charge in [0.15, 0.2) is 0 Å². The van der Waals surface area contributed by atoms with Gasteiger partial charge in [-0.25, -0.2) is 16.8 Å². The summed E-state index contributed by atoms with van der Waals surface area (Å²) in [6.07, 6.45) is 1.01. The van der Waals surface area contributed by atoms with Gasteiger partial charge in [-0.3, -0.25) is 13.8 Å². The summed E-state index contributed by atoms with van der Waals surface area (Å²) in [5, 5.41) is 3.06. The lowest BCUT2D eigenvalue weighted by Gasteiger charge is -2.22. The average molecular weight is 573 g/mol. The van der Waals surface area contributed by atoms with E-state index in [2.05, 4.69) is 26.0 Å². The molecule has 33 heavy (non-hydrogen) atoms. The van der Waals surface area contributed by atoms with Crippen molar-refractivity contribution in [3.63, 3.8) is 0 Å². The Labute approximate surface area is 205 Å². The maximum absolute atomic E-state index is 12.6. The van der Waals surface area contributed by atoms with Crippen LogP contribution in [0.2, 0.25) is 5.02 Å². The van der Waals surface area contributed by atoms with Crippen molar-refractivity contribution in [3.8, 4) is 0 Å². The number of nitrogens with zero attached hydrogens (tertiary/aromatic N) is 1. The third-order valence-corrected chi connectivity index (χ3v) is 7.61. The van der Waals surface area contributed by atoms with Crippen molar-refractivity contribution in [1.29, 1.82) is 0 Å². The van der Waals surface area contributed by atoms with Crippen molar-refractivity contribution in [1.82, 2.24) is 0 Å². The summed E-state index contributed by atoms with van der Waals surface area (Å²) in [5.74, 6) is -0.588. The summed E-state index contributed by atoms with van der Waals surface area (Å²) < 4.78 is 53.6. The Morgan fingerprint density at radius 1 is 0.939 bits per heavy atom. The second-order valence-corrected chi connectivity index (χ2v) is 11.9. The number of rotatable bonds is 8. The molecule has 3 aromatic carbocycles. The fourth-order valence-electron chi connectivity index (χ4n) is 2.81. The van der Waals surface area contributed by atoms with E-state index >= 15 is 0 Å². The number of carbonyl (C=O) groups is 1. The third kappa shape index (κ3) is 6.94. The number of benzene rings is 3. The molecule has 8 nitrogen and oxygen atoms in total. The number of sulfonamides is 2. The monoisotopic (exact) mass is 571 g/mol. The number of carbonyl (C=O) groups excluding carboxylic acids is 1. The summed E-state index contributed by atoms with van der Waals surface area (Å²) in [7, 11) is -7.57. The highest BCUT2D eigenvalue weighted by Gasteiger charge is 2.21. The molecule has 0 bridgehead atoms. The van der Waals surface area contributed by atoms with Crippen LogP contribution < -0.4 is 14.3 Å². The van der Waals surface area contributed by atoms with E-state index < -0.39 is 32.5 Å². The Hall–Kier alpha value is -2.60. The minimum atomic E-state index is -3.85. The Balaban J connectivity index is 1.70. The molecule has 0 aliphatic heterocycles. The Morgan fingerprint density at radius 2 is 1.55 bits per heavy atom. The van der Waals surface area contributed by atoms with Crippen LogP contribution in [-0.4, -0.2) is 35.5 Å². The van der Waals surface area contributed by atoms with Crippen LogP contribution in [0.4, 0.5) is 17.1 Å². The normalized spacial score (nSPS) is 11.6. The minimum absolute atomic E-state index is 0.0117. The van der Waals surface area contributed by atoms with Gasteiger partial charge in [0.25, 0.3) is 10.0 Å². The molecule has 3 aromatic rings. The lowest BCUT2D eigenvalue weighted by atomic mass is 10.3. The molecule has 174 valence electrons. The van der Waals surface area contributed by atoms with Crippen LogP contribution in [0.15, 0.2) is 82.2 Å². The van der Waals surface area contributed by atoms with Gasteiger partial charge >= 0.3 is 0 Å². The highest BCUT2D eigenvalue weighted by Crippen LogP contribution is 2.23. The standard InChI is InChI=1S/C21H19BrClN3O5S2/c1-32(28,29)26(19-4-2-3-15(22)13-19)14-21(27)24-17-9-11-20(12-10-17)33(30,31)25-18-7-5-16(23)6-8-18/h2-13,25H,14H2,1H3,(H,24,27). The van der Waals surface area contributed by atoms with Crippen LogP contribution in [0.1, 0.15) is 0 Å². The zero-order chi connectivity index (χ0) is 24.2. The first-order valence-corrected chi connectivity index (χ1v) is 13.9. The molecule has 3 rings (SSSR count). The van der Waals surface area contributed by atoms with Crippen LogP contribution in [-0.2, 0) is 24.8 Å². The van der Waals surface area contributed by atoms with Crippen LogP contribution in [0, 0.1) is 0 Å². The molecule has 0 aliphatic carbocycles. The van der Waals surface area contributed by atoms with Crippen molar-refractivity contribution >= 4 is 70.5 Å². The van der Waals surface area contributed by atoms with Gasteiger partial charge in [0, 0.05) is 20.9 Å². The lowest BCUT2D eigenvalue weighted by Crippen LogP contribution is -2.37. The molecular weight excluding hydrogens is 554 g/mol. The summed E-state index contributed by atoms with van der Waals surface area (Å²) in [6.45, 7) is -0.451. The maximum Gasteiger partial charge on any atom is 0.261 e. The number of anilines is 3. The largest absolute Gasteiger partial charge is 0.325 e. The maximum atomic E-state index is 12.6. The number of hydrogen-bond donors (Lipinski definition) is 2. The van der Waals surface area contributed by atoms with Crippen molar-refractivity contribution in [2.24, 2.45) is 0 Å². The van der Waals surface area contributed by atoms with Crippen LogP contribution in [0.25, 0.3) is 0 Å². The second kappa shape index (κ2) is 10.1. The van der Waals surface area contributed by atoms with Gasteiger partial charge in [-0.2, -0.15) is 0 Å². The van der Waals surface area contributed by atoms with Crippen molar-refractivity contribution in [3.05, 3.63) is 82.3 Å². The topological polar surface area (TPSA) is 113 Å². The first kappa shape index (κ1) is 25.0. The van der Waals surface area contributed by atoms with Gasteiger partial charge in [-0.15, -0.1) is 0 Å². The molecule has 0 aromatic heterocycles. The predicted molar refractivity (Wildman–Crippen MR) is 134 cm³/mol. The van der Waals surface area contributed by atoms with Gasteiger partial charge in [0.2, 0.25) is 15.9 Å². The first-order valence-electron chi connectivity index (χ1n) is 9.36. The lowest BCUT2D eigenvalue weighted by molar-refractivity contribution is -0.114. The molecule has 12 heteroatoms. The van der Waals surface area contributed by atoms with Gasteiger partial charge in [-0.05, 0) is 66.7 Å². The Morgan fingerprint density at radius 3 is 2.12 bits per heavy atom. The molecule has 2 N–H and O–H groups in total. The number of nitrogens with one attached hydrogen (secondary N) is 2. The molecule has 0 spiro atoms. The fourth-order valence-corrected chi connectivity index (χ4v) is 5.23. The summed E-state index contributed by atoms with van der Waals surface area (Å²) >= 11 is 9.09. The summed E-state index contributed by atoms with van der Waals surface area (Å²) in [5.41, 5.74) is 0.995. The van der Waals surface area contributed by atoms with E-state index in [1.165, 1.54) is 36.4 Å². The summed E-state index contributed by atoms with van der Waals surface area (Å²) in [4.78, 5) is 12.5. The van der Waals surface area contributed by atoms with E-state index in [0.29, 0.717) is 26.6 Å². The molecule has 0 saturated heterocycles. The number of amides is 1. The van der Waals surface area contributed by atoms with Gasteiger partial charge in [0.05, 0.1) is 16.8 Å². The van der Waals surface area contributed by atoms with Gasteiger partial charge in [-0.1, -0.05) is 33.6 Å². The van der Waals surface area contributed by atoms with E-state index in [1.54, 1.807) is 36.4 Å². The van der Waals surface area contributed by atoms with E-state index in [9.17, 15) is 21.6 Å². The van der Waals surface area contributed by atoms with E-state index in [-0.39, 0.29) is 4.90 Å². The number of hydrogen-bond acceptors (Lipinski definition) is 5. The Kier molecular flexibility index (Phi) is 7.68. The highest BCUT2D eigenvalue weighted by atomic mass is 79.9. The van der Waals surface area contributed by atoms with E-state index in [0.717, 1.165) is 10.6 Å². The molecule has 0 aliphatic rings. The van der Waals surface area contributed by atoms with Crippen LogP contribution in [0.5, 0.6) is 0 Å². The molecular formula is C21H19BrClN3O5S2. The van der Waals surface area contributed by atoms with Gasteiger partial charge in [0.1, 0.15) is 6.54 Å². The zero-order valence-corrected chi connectivity index (χ0v) is 21.2. The SMILES string of the molecule is CS(=O)(=O)N(CC(=O)Nc1ccc(S(=O)(=O)Nc2ccc(Cl)cc2)cc1)c1cccc(Br)c1. The quantitative estimate of drug-likeness (QED) is 0.418.